The minimum Gasteiger partial charge on any atom is -0.349 e. The summed E-state index contributed by atoms with van der Waals surface area (Å²) in [4.78, 5) is 16.5. The first-order valence-electron chi connectivity index (χ1n) is 8.27. The Morgan fingerprint density at radius 1 is 1.43 bits per heavy atom. The summed E-state index contributed by atoms with van der Waals surface area (Å²) in [5.74, 6) is 0.179. The molecule has 3 rings (SSSR count). The molecule has 5 heteroatoms. The second kappa shape index (κ2) is 6.96. The summed E-state index contributed by atoms with van der Waals surface area (Å²) in [6.45, 7) is 2.02. The van der Waals surface area contributed by atoms with Gasteiger partial charge in [0.2, 0.25) is 5.91 Å². The molecule has 1 aromatic carbocycles. The second-order valence-corrected chi connectivity index (χ2v) is 6.42. The molecule has 1 amide bonds. The van der Waals surface area contributed by atoms with Gasteiger partial charge in [0.15, 0.2) is 0 Å². The molecule has 3 unspecified atom stereocenters. The maximum absolute atomic E-state index is 12.5. The van der Waals surface area contributed by atoms with Crippen LogP contribution in [0.2, 0.25) is 0 Å². The highest BCUT2D eigenvalue weighted by atomic mass is 16.1. The number of carbonyl (C=O) groups is 1. The van der Waals surface area contributed by atoms with E-state index in [4.69, 9.17) is 5.73 Å². The summed E-state index contributed by atoms with van der Waals surface area (Å²) in [5.41, 5.74) is 8.12. The summed E-state index contributed by atoms with van der Waals surface area (Å²) in [6.07, 6.45) is 9.26. The first-order valence-corrected chi connectivity index (χ1v) is 8.27. The van der Waals surface area contributed by atoms with Crippen LogP contribution < -0.4 is 11.1 Å². The minimum absolute atomic E-state index is 0.0240. The van der Waals surface area contributed by atoms with Crippen molar-refractivity contribution in [3.05, 3.63) is 48.5 Å². The highest BCUT2D eigenvalue weighted by Crippen LogP contribution is 2.24. The van der Waals surface area contributed by atoms with Crippen LogP contribution in [0.5, 0.6) is 0 Å². The average molecular weight is 312 g/mol. The highest BCUT2D eigenvalue weighted by molar-refractivity contribution is 5.79. The van der Waals surface area contributed by atoms with E-state index < -0.39 is 0 Å². The number of nitrogens with zero attached hydrogens (tertiary/aromatic N) is 2. The van der Waals surface area contributed by atoms with Crippen LogP contribution in [0, 0.1) is 5.92 Å². The Morgan fingerprint density at radius 3 is 3.04 bits per heavy atom. The van der Waals surface area contributed by atoms with E-state index in [0.29, 0.717) is 0 Å². The van der Waals surface area contributed by atoms with Crippen molar-refractivity contribution in [3.63, 3.8) is 0 Å². The summed E-state index contributed by atoms with van der Waals surface area (Å²) in [7, 11) is 0. The standard InChI is InChI=1S/C18H24N4O/c1-13(21-18(23)15-5-2-6-16(19)10-15)14-4-3-7-17(11-14)22-9-8-20-12-22/h3-4,7-9,11-13,15-16H,2,5-6,10,19H2,1H3,(H,21,23). The minimum atomic E-state index is -0.0240. The quantitative estimate of drug-likeness (QED) is 0.911. The van der Waals surface area contributed by atoms with Gasteiger partial charge in [-0.1, -0.05) is 18.6 Å². The maximum Gasteiger partial charge on any atom is 0.223 e. The molecule has 5 nitrogen and oxygen atoms in total. The van der Waals surface area contributed by atoms with Gasteiger partial charge < -0.3 is 15.6 Å². The van der Waals surface area contributed by atoms with Gasteiger partial charge in [0.25, 0.3) is 0 Å². The SMILES string of the molecule is CC(NC(=O)C1CCCC(N)C1)c1cccc(-n2ccnc2)c1. The zero-order valence-corrected chi connectivity index (χ0v) is 13.5. The molecule has 3 atom stereocenters. The first kappa shape index (κ1) is 15.7. The molecule has 0 aliphatic heterocycles. The summed E-state index contributed by atoms with van der Waals surface area (Å²) < 4.78 is 1.96. The molecule has 0 saturated heterocycles. The molecule has 1 heterocycles. The molecule has 1 aliphatic rings. The zero-order chi connectivity index (χ0) is 16.2. The highest BCUT2D eigenvalue weighted by Gasteiger charge is 2.26. The molecule has 0 spiro atoms. The maximum atomic E-state index is 12.5. The van der Waals surface area contributed by atoms with Crippen molar-refractivity contribution in [3.8, 4) is 5.69 Å². The lowest BCUT2D eigenvalue weighted by atomic mass is 9.85. The third-order valence-electron chi connectivity index (χ3n) is 4.62. The van der Waals surface area contributed by atoms with Crippen LogP contribution in [0.15, 0.2) is 43.0 Å². The average Bonchev–Trinajstić information content (AvgIpc) is 3.09. The number of nitrogens with two attached hydrogens (primary N) is 1. The number of amides is 1. The molecule has 0 bridgehead atoms. The van der Waals surface area contributed by atoms with Crippen LogP contribution >= 0.6 is 0 Å². The van der Waals surface area contributed by atoms with E-state index in [-0.39, 0.29) is 23.9 Å². The zero-order valence-electron chi connectivity index (χ0n) is 13.5. The van der Waals surface area contributed by atoms with E-state index in [9.17, 15) is 4.79 Å². The van der Waals surface area contributed by atoms with E-state index >= 15 is 0 Å². The third kappa shape index (κ3) is 3.79. The van der Waals surface area contributed by atoms with Crippen LogP contribution in [0.1, 0.15) is 44.2 Å². The van der Waals surface area contributed by atoms with E-state index in [0.717, 1.165) is 36.9 Å². The van der Waals surface area contributed by atoms with Crippen molar-refractivity contribution in [2.45, 2.75) is 44.7 Å². The lowest BCUT2D eigenvalue weighted by molar-refractivity contribution is -0.126. The number of hydrogen-bond donors (Lipinski definition) is 2. The monoisotopic (exact) mass is 312 g/mol. The molecule has 122 valence electrons. The Morgan fingerprint density at radius 2 is 2.30 bits per heavy atom. The molecule has 3 N–H and O–H groups in total. The fourth-order valence-corrected chi connectivity index (χ4v) is 3.25. The molecular weight excluding hydrogens is 288 g/mol. The fourth-order valence-electron chi connectivity index (χ4n) is 3.25. The third-order valence-corrected chi connectivity index (χ3v) is 4.62. The largest absolute Gasteiger partial charge is 0.349 e. The number of carbonyl (C=O) groups excluding carboxylic acids is 1. The smallest absolute Gasteiger partial charge is 0.223 e. The lowest BCUT2D eigenvalue weighted by Gasteiger charge is -2.27. The number of imidazole rings is 1. The fraction of sp³-hybridized carbons (Fsp3) is 0.444. The van der Waals surface area contributed by atoms with Crippen molar-refractivity contribution in [1.82, 2.24) is 14.9 Å². The molecule has 1 saturated carbocycles. The molecule has 1 aromatic heterocycles. The topological polar surface area (TPSA) is 72.9 Å². The van der Waals surface area contributed by atoms with Gasteiger partial charge in [-0.05, 0) is 43.9 Å². The molecule has 0 radical (unpaired) electrons. The number of nitrogens with one attached hydrogen (secondary N) is 1. The predicted molar refractivity (Wildman–Crippen MR) is 90.1 cm³/mol. The van der Waals surface area contributed by atoms with Gasteiger partial charge in [-0.3, -0.25) is 4.79 Å². The van der Waals surface area contributed by atoms with E-state index in [1.807, 2.05) is 35.9 Å². The number of rotatable bonds is 4. The molecule has 23 heavy (non-hydrogen) atoms. The normalized spacial score (nSPS) is 22.5. The predicted octanol–water partition coefficient (Wildman–Crippen LogP) is 2.57. The first-order chi connectivity index (χ1) is 11.1. The van der Waals surface area contributed by atoms with Gasteiger partial charge in [0.1, 0.15) is 0 Å². The molecular formula is C18H24N4O. The van der Waals surface area contributed by atoms with Crippen LogP contribution in [0.3, 0.4) is 0 Å². The van der Waals surface area contributed by atoms with Gasteiger partial charge in [0, 0.05) is 30.0 Å². The summed E-state index contributed by atoms with van der Waals surface area (Å²) in [5, 5.41) is 3.14. The van der Waals surface area contributed by atoms with Gasteiger partial charge >= 0.3 is 0 Å². The van der Waals surface area contributed by atoms with Gasteiger partial charge in [-0.15, -0.1) is 0 Å². The van der Waals surface area contributed by atoms with Gasteiger partial charge in [-0.25, -0.2) is 4.98 Å². The Balaban J connectivity index is 1.67. The van der Waals surface area contributed by atoms with E-state index in [1.165, 1.54) is 0 Å². The van der Waals surface area contributed by atoms with Crippen molar-refractivity contribution in [2.75, 3.05) is 0 Å². The second-order valence-electron chi connectivity index (χ2n) is 6.42. The van der Waals surface area contributed by atoms with Crippen LogP contribution in [0.4, 0.5) is 0 Å². The number of aromatic nitrogens is 2. The van der Waals surface area contributed by atoms with Gasteiger partial charge in [0.05, 0.1) is 12.4 Å². The Bertz CT molecular complexity index is 653. The number of hydrogen-bond acceptors (Lipinski definition) is 3. The van der Waals surface area contributed by atoms with Crippen molar-refractivity contribution >= 4 is 5.91 Å². The van der Waals surface area contributed by atoms with E-state index in [2.05, 4.69) is 16.4 Å². The summed E-state index contributed by atoms with van der Waals surface area (Å²) >= 11 is 0. The van der Waals surface area contributed by atoms with Crippen LogP contribution in [-0.4, -0.2) is 21.5 Å². The summed E-state index contributed by atoms with van der Waals surface area (Å²) in [6, 6.07) is 8.30. The van der Waals surface area contributed by atoms with Crippen LogP contribution in [-0.2, 0) is 4.79 Å². The van der Waals surface area contributed by atoms with Crippen LogP contribution in [0.25, 0.3) is 5.69 Å². The lowest BCUT2D eigenvalue weighted by Crippen LogP contribution is -2.38. The van der Waals surface area contributed by atoms with Crippen molar-refractivity contribution in [2.24, 2.45) is 11.7 Å². The van der Waals surface area contributed by atoms with Gasteiger partial charge in [-0.2, -0.15) is 0 Å². The molecule has 2 aromatic rings. The molecule has 1 aliphatic carbocycles. The Kier molecular flexibility index (Phi) is 4.76. The Labute approximate surface area is 136 Å². The number of benzene rings is 1. The molecule has 1 fully saturated rings. The van der Waals surface area contributed by atoms with Crippen molar-refractivity contribution < 1.29 is 4.79 Å². The van der Waals surface area contributed by atoms with E-state index in [1.54, 1.807) is 12.5 Å². The van der Waals surface area contributed by atoms with Crippen molar-refractivity contribution in [1.29, 1.82) is 0 Å². The Hall–Kier alpha value is -2.14.